The smallest absolute Gasteiger partial charge is 0.309 e. The highest BCUT2D eigenvalue weighted by Crippen LogP contribution is 2.77. The highest BCUT2D eigenvalue weighted by Gasteiger charge is 2.70. The predicted octanol–water partition coefficient (Wildman–Crippen LogP) is 9.18. The summed E-state index contributed by atoms with van der Waals surface area (Å²) in [6.07, 6.45) is 7.14. The monoisotopic (exact) mass is 737 g/mol. The summed E-state index contributed by atoms with van der Waals surface area (Å²) in [5, 5.41) is 25.9. The Morgan fingerprint density at radius 1 is 0.981 bits per heavy atom. The van der Waals surface area contributed by atoms with Crippen LogP contribution in [0.1, 0.15) is 132 Å². The van der Waals surface area contributed by atoms with E-state index in [9.17, 15) is 24.6 Å². The van der Waals surface area contributed by atoms with Crippen molar-refractivity contribution in [3.05, 3.63) is 46.0 Å². The zero-order valence-corrected chi connectivity index (χ0v) is 33.9. The van der Waals surface area contributed by atoms with Crippen LogP contribution in [0.5, 0.6) is 0 Å². The molecular formula is C44H64ClNO6. The first-order valence-corrected chi connectivity index (χ1v) is 20.4. The number of aliphatic hydroxyl groups is 1. The molecule has 9 atom stereocenters. The van der Waals surface area contributed by atoms with Gasteiger partial charge in [0.2, 0.25) is 0 Å². The minimum absolute atomic E-state index is 0.0166. The van der Waals surface area contributed by atoms with Gasteiger partial charge >= 0.3 is 11.9 Å². The van der Waals surface area contributed by atoms with E-state index in [1.54, 1.807) is 13.8 Å². The zero-order valence-electron chi connectivity index (χ0n) is 33.2. The molecule has 4 fully saturated rings. The number of fused-ring (bicyclic) bond motifs is 7. The van der Waals surface area contributed by atoms with Gasteiger partial charge in [-0.3, -0.25) is 14.4 Å². The van der Waals surface area contributed by atoms with E-state index in [1.165, 1.54) is 5.57 Å². The molecule has 0 saturated heterocycles. The van der Waals surface area contributed by atoms with Gasteiger partial charge in [-0.25, -0.2) is 0 Å². The molecule has 1 aromatic rings. The molecule has 0 amide bonds. The van der Waals surface area contributed by atoms with E-state index >= 15 is 0 Å². The van der Waals surface area contributed by atoms with Crippen molar-refractivity contribution in [3.8, 4) is 0 Å². The van der Waals surface area contributed by atoms with Gasteiger partial charge in [0.05, 0.1) is 17.9 Å². The lowest BCUT2D eigenvalue weighted by Gasteiger charge is -2.72. The Morgan fingerprint density at radius 2 is 1.69 bits per heavy atom. The van der Waals surface area contributed by atoms with Crippen LogP contribution in [0.25, 0.3) is 0 Å². The summed E-state index contributed by atoms with van der Waals surface area (Å²) in [6, 6.07) is 7.80. The average Bonchev–Trinajstić information content (AvgIpc) is 3.36. The minimum Gasteiger partial charge on any atom is -0.481 e. The number of carboxylic acids is 1. The summed E-state index contributed by atoms with van der Waals surface area (Å²) < 4.78 is 6.16. The topological polar surface area (TPSA) is 113 Å². The second-order valence-corrected chi connectivity index (χ2v) is 20.3. The number of halogens is 1. The third-order valence-electron chi connectivity index (χ3n) is 16.1. The van der Waals surface area contributed by atoms with E-state index in [2.05, 4.69) is 53.8 Å². The molecule has 1 unspecified atom stereocenters. The van der Waals surface area contributed by atoms with Gasteiger partial charge in [0.25, 0.3) is 0 Å². The number of aliphatic carboxylic acids is 1. The number of nitrogens with one attached hydrogen (secondary N) is 1. The van der Waals surface area contributed by atoms with E-state index in [0.29, 0.717) is 36.4 Å². The highest BCUT2D eigenvalue weighted by atomic mass is 35.5. The summed E-state index contributed by atoms with van der Waals surface area (Å²) in [5.74, 6) is 0.0236. The molecule has 6 rings (SSSR count). The van der Waals surface area contributed by atoms with Crippen molar-refractivity contribution in [3.63, 3.8) is 0 Å². The molecule has 0 bridgehead atoms. The van der Waals surface area contributed by atoms with Gasteiger partial charge in [0.1, 0.15) is 6.10 Å². The van der Waals surface area contributed by atoms with Crippen LogP contribution in [-0.2, 0) is 25.7 Å². The molecule has 4 saturated carbocycles. The molecular weight excluding hydrogens is 674 g/mol. The maximum absolute atomic E-state index is 14.0. The number of hydrogen-bond acceptors (Lipinski definition) is 6. The Kier molecular flexibility index (Phi) is 10.3. The zero-order chi connectivity index (χ0) is 38.2. The van der Waals surface area contributed by atoms with Crippen LogP contribution in [0.3, 0.4) is 0 Å². The Bertz CT molecular complexity index is 1630. The molecule has 288 valence electrons. The molecule has 0 aromatic heterocycles. The van der Waals surface area contributed by atoms with Gasteiger partial charge in [-0.05, 0) is 128 Å². The van der Waals surface area contributed by atoms with Crippen molar-refractivity contribution >= 4 is 29.3 Å². The normalized spacial score (nSPS) is 37.5. The first-order chi connectivity index (χ1) is 24.1. The molecule has 0 aliphatic heterocycles. The molecule has 0 heterocycles. The number of carboxylic acid groups (broad SMARTS) is 1. The van der Waals surface area contributed by atoms with Crippen molar-refractivity contribution < 1.29 is 29.3 Å². The summed E-state index contributed by atoms with van der Waals surface area (Å²) in [4.78, 5) is 38.8. The number of carbonyl (C=O) groups excluding carboxylic acids is 2. The third kappa shape index (κ3) is 6.11. The fourth-order valence-electron chi connectivity index (χ4n) is 13.1. The number of hydrogen-bond donors (Lipinski definition) is 3. The summed E-state index contributed by atoms with van der Waals surface area (Å²) >= 11 is 6.24. The summed E-state index contributed by atoms with van der Waals surface area (Å²) in [5.41, 5.74) is 1.49. The largest absolute Gasteiger partial charge is 0.481 e. The summed E-state index contributed by atoms with van der Waals surface area (Å²) in [7, 11) is 0. The van der Waals surface area contributed by atoms with Gasteiger partial charge in [0.15, 0.2) is 5.78 Å². The number of ether oxygens (including phenoxy) is 1. The Labute approximate surface area is 317 Å². The van der Waals surface area contributed by atoms with Crippen LogP contribution in [0.2, 0.25) is 5.02 Å². The Hall–Kier alpha value is -2.22. The van der Waals surface area contributed by atoms with Gasteiger partial charge in [-0.15, -0.1) is 0 Å². The molecule has 5 aliphatic carbocycles. The van der Waals surface area contributed by atoms with Crippen molar-refractivity contribution in [1.29, 1.82) is 0 Å². The molecule has 3 N–H and O–H groups in total. The molecule has 0 radical (unpaired) electrons. The van der Waals surface area contributed by atoms with Gasteiger partial charge in [0, 0.05) is 35.4 Å². The first kappa shape index (κ1) is 39.5. The SMILES string of the molecule is CC(C)C1=C2[C@H]3CC[C@@H]4[C@@]5(C)CC[C@H](OC(=O)CC(C)(C)C(=O)O)C(C)(C)[C@@H]5CC[C@@]4(C)[C@]3(C)CC[C@@]2(C(O)CNCc2cccc(Cl)c2)CC1=O. The van der Waals surface area contributed by atoms with E-state index in [0.717, 1.165) is 62.5 Å². The Balaban J connectivity index is 1.26. The maximum atomic E-state index is 14.0. The lowest BCUT2D eigenvalue weighted by atomic mass is 9.33. The molecule has 0 spiro atoms. The standard InChI is InChI=1S/C44H64ClNO6/c1-26(2)36-30(47)22-44(33(48)25-46-24-27-11-10-12-28(45)21-27)20-19-42(8)29(37(36)44)13-14-32-41(7)17-16-34(52-35(49)23-39(3,4)38(50)51)40(5,6)31(41)15-18-43(32,42)9/h10-12,21,26,29,31-34,46,48H,13-20,22-25H2,1-9H3,(H,50,51)/t29-,31+,32-,33?,34+,41+,42-,43-,44+/m1/s1. The van der Waals surface area contributed by atoms with Crippen LogP contribution < -0.4 is 5.32 Å². The maximum Gasteiger partial charge on any atom is 0.309 e. The predicted molar refractivity (Wildman–Crippen MR) is 205 cm³/mol. The van der Waals surface area contributed by atoms with Crippen molar-refractivity contribution in [2.45, 2.75) is 145 Å². The van der Waals surface area contributed by atoms with Gasteiger partial charge < -0.3 is 20.3 Å². The summed E-state index contributed by atoms with van der Waals surface area (Å²) in [6.45, 7) is 20.6. The third-order valence-corrected chi connectivity index (χ3v) is 16.3. The number of ketones is 1. The van der Waals surface area contributed by atoms with Crippen LogP contribution in [0.4, 0.5) is 0 Å². The van der Waals surface area contributed by atoms with Crippen LogP contribution in [0, 0.1) is 56.2 Å². The van der Waals surface area contributed by atoms with Gasteiger partial charge in [-0.2, -0.15) is 0 Å². The van der Waals surface area contributed by atoms with Crippen LogP contribution in [-0.4, -0.2) is 46.7 Å². The number of Topliss-reactive ketones (excluding diaryl/α,β-unsaturated/α-hetero) is 1. The van der Waals surface area contributed by atoms with Crippen molar-refractivity contribution in [2.75, 3.05) is 6.54 Å². The second-order valence-electron chi connectivity index (χ2n) is 19.8. The average molecular weight is 738 g/mol. The van der Waals surface area contributed by atoms with Crippen molar-refractivity contribution in [1.82, 2.24) is 5.32 Å². The fourth-order valence-corrected chi connectivity index (χ4v) is 13.3. The van der Waals surface area contributed by atoms with E-state index < -0.39 is 28.9 Å². The molecule has 7 nitrogen and oxygen atoms in total. The lowest BCUT2D eigenvalue weighted by Crippen LogP contribution is -2.66. The number of allylic oxidation sites excluding steroid dienone is 1. The minimum atomic E-state index is -1.17. The van der Waals surface area contributed by atoms with E-state index in [4.69, 9.17) is 16.3 Å². The number of rotatable bonds is 10. The van der Waals surface area contributed by atoms with Crippen molar-refractivity contribution in [2.24, 2.45) is 56.2 Å². The molecule has 5 aliphatic rings. The molecule has 52 heavy (non-hydrogen) atoms. The lowest BCUT2D eigenvalue weighted by molar-refractivity contribution is -0.235. The second kappa shape index (κ2) is 13.5. The molecule has 1 aromatic carbocycles. The Morgan fingerprint density at radius 3 is 2.35 bits per heavy atom. The number of benzene rings is 1. The van der Waals surface area contributed by atoms with E-state index in [1.807, 2.05) is 24.3 Å². The number of carbonyl (C=O) groups is 3. The van der Waals surface area contributed by atoms with Crippen LogP contribution >= 0.6 is 11.6 Å². The molecule has 8 heteroatoms. The van der Waals surface area contributed by atoms with Gasteiger partial charge in [-0.1, -0.05) is 77.8 Å². The first-order valence-electron chi connectivity index (χ1n) is 20.0. The van der Waals surface area contributed by atoms with Crippen LogP contribution in [0.15, 0.2) is 35.4 Å². The van der Waals surface area contributed by atoms with E-state index in [-0.39, 0.29) is 51.8 Å². The fraction of sp³-hybridized carbons (Fsp3) is 0.750. The quantitative estimate of drug-likeness (QED) is 0.205. The highest BCUT2D eigenvalue weighted by molar-refractivity contribution is 6.30. The number of esters is 1. The number of aliphatic hydroxyl groups excluding tert-OH is 1.